The molecule has 0 radical (unpaired) electrons. The van der Waals surface area contributed by atoms with E-state index in [4.69, 9.17) is 23.2 Å². The summed E-state index contributed by atoms with van der Waals surface area (Å²) in [6.07, 6.45) is 7.64. The predicted octanol–water partition coefficient (Wildman–Crippen LogP) is 4.44. The minimum Gasteiger partial charge on any atom is -0.389 e. The second-order valence-electron chi connectivity index (χ2n) is 9.48. The van der Waals surface area contributed by atoms with Crippen LogP contribution in [0.25, 0.3) is 0 Å². The van der Waals surface area contributed by atoms with Crippen LogP contribution in [0.4, 0.5) is 0 Å². The molecule has 0 spiro atoms. The van der Waals surface area contributed by atoms with Gasteiger partial charge in [-0.3, -0.25) is 9.59 Å². The summed E-state index contributed by atoms with van der Waals surface area (Å²) >= 11 is 14.6. The molecule has 0 aromatic heterocycles. The first kappa shape index (κ1) is 19.7. The van der Waals surface area contributed by atoms with E-state index in [-0.39, 0.29) is 34.2 Å². The van der Waals surface area contributed by atoms with E-state index < -0.39 is 16.9 Å². The van der Waals surface area contributed by atoms with Gasteiger partial charge in [0.15, 0.2) is 11.6 Å². The highest BCUT2D eigenvalue weighted by atomic mass is 35.5. The van der Waals surface area contributed by atoms with Crippen LogP contribution in [0.15, 0.2) is 23.3 Å². The van der Waals surface area contributed by atoms with E-state index in [1.165, 1.54) is 0 Å². The van der Waals surface area contributed by atoms with Crippen LogP contribution in [0.2, 0.25) is 0 Å². The Bertz CT molecular complexity index is 772. The molecule has 1 N–H and O–H groups in total. The predicted molar refractivity (Wildman–Crippen MR) is 107 cm³/mol. The van der Waals surface area contributed by atoms with Crippen LogP contribution >= 0.6 is 23.2 Å². The van der Waals surface area contributed by atoms with E-state index in [1.807, 2.05) is 6.92 Å². The first-order valence-electron chi connectivity index (χ1n) is 10.0. The maximum absolute atomic E-state index is 12.4. The highest BCUT2D eigenvalue weighted by molar-refractivity contribution is 6.34. The maximum atomic E-state index is 12.4. The average molecular weight is 411 g/mol. The summed E-state index contributed by atoms with van der Waals surface area (Å²) in [4.78, 5) is 23.9. The van der Waals surface area contributed by atoms with Crippen molar-refractivity contribution in [2.24, 2.45) is 28.6 Å². The van der Waals surface area contributed by atoms with Crippen LogP contribution in [0, 0.1) is 28.6 Å². The van der Waals surface area contributed by atoms with Crippen LogP contribution in [-0.4, -0.2) is 33.5 Å². The zero-order valence-electron chi connectivity index (χ0n) is 16.2. The second kappa shape index (κ2) is 6.18. The molecule has 4 aliphatic rings. The van der Waals surface area contributed by atoms with Gasteiger partial charge >= 0.3 is 0 Å². The lowest BCUT2D eigenvalue weighted by Crippen LogP contribution is -2.65. The number of carbonyl (C=O) groups is 2. The van der Waals surface area contributed by atoms with Gasteiger partial charge in [-0.1, -0.05) is 25.0 Å². The average Bonchev–Trinajstić information content (AvgIpc) is 2.94. The quantitative estimate of drug-likeness (QED) is 0.684. The van der Waals surface area contributed by atoms with E-state index in [1.54, 1.807) is 12.2 Å². The van der Waals surface area contributed by atoms with Crippen molar-refractivity contribution < 1.29 is 14.7 Å². The topological polar surface area (TPSA) is 54.4 Å². The van der Waals surface area contributed by atoms with Crippen LogP contribution in [0.1, 0.15) is 52.9 Å². The van der Waals surface area contributed by atoms with Crippen molar-refractivity contribution in [1.82, 2.24) is 0 Å². The van der Waals surface area contributed by atoms with Crippen molar-refractivity contribution in [1.29, 1.82) is 0 Å². The summed E-state index contributed by atoms with van der Waals surface area (Å²) in [7, 11) is 0. The number of hydrogen-bond donors (Lipinski definition) is 1. The SMILES string of the molecule is CC1=CC(=O)C=C2CC[C@H]3[C@@H]4CC[C@H](C(=O)CO)[C@@]4(C)CC(Cl)[C@]3(Cl)[C@@]12C. The fraction of sp³-hybridized carbons (Fsp3) is 0.727. The summed E-state index contributed by atoms with van der Waals surface area (Å²) in [6, 6.07) is 0. The molecule has 0 aromatic rings. The van der Waals surface area contributed by atoms with Crippen LogP contribution in [0.5, 0.6) is 0 Å². The summed E-state index contributed by atoms with van der Waals surface area (Å²) in [5, 5.41) is 9.15. The van der Waals surface area contributed by atoms with Crippen LogP contribution in [0.3, 0.4) is 0 Å². The summed E-state index contributed by atoms with van der Waals surface area (Å²) in [5.41, 5.74) is 1.46. The van der Waals surface area contributed by atoms with Crippen LogP contribution in [-0.2, 0) is 9.59 Å². The number of Topliss-reactive ketones (excluding diaryl/α,β-unsaturated/α-hetero) is 1. The van der Waals surface area contributed by atoms with Crippen LogP contribution < -0.4 is 0 Å². The zero-order chi connectivity index (χ0) is 19.8. The Hall–Kier alpha value is -0.640. The molecule has 4 rings (SSSR count). The Kier molecular flexibility index (Phi) is 4.50. The van der Waals surface area contributed by atoms with E-state index in [2.05, 4.69) is 13.8 Å². The van der Waals surface area contributed by atoms with Gasteiger partial charge in [-0.2, -0.15) is 0 Å². The summed E-state index contributed by atoms with van der Waals surface area (Å²) < 4.78 is 0. The molecule has 27 heavy (non-hydrogen) atoms. The van der Waals surface area contributed by atoms with E-state index in [0.29, 0.717) is 12.3 Å². The second-order valence-corrected chi connectivity index (χ2v) is 10.6. The molecular weight excluding hydrogens is 383 g/mol. The van der Waals surface area contributed by atoms with Crippen molar-refractivity contribution in [2.45, 2.75) is 63.1 Å². The van der Waals surface area contributed by atoms with Gasteiger partial charge in [0.2, 0.25) is 0 Å². The van der Waals surface area contributed by atoms with Gasteiger partial charge in [-0.15, -0.1) is 23.2 Å². The van der Waals surface area contributed by atoms with Crippen molar-refractivity contribution >= 4 is 34.8 Å². The molecule has 0 amide bonds. The number of aliphatic hydroxyl groups is 1. The molecule has 0 saturated heterocycles. The number of ketones is 2. The van der Waals surface area contributed by atoms with Gasteiger partial charge in [0.25, 0.3) is 0 Å². The number of halogens is 2. The highest BCUT2D eigenvalue weighted by Crippen LogP contribution is 2.71. The summed E-state index contributed by atoms with van der Waals surface area (Å²) in [6.45, 7) is 5.93. The Morgan fingerprint density at radius 1 is 1.22 bits per heavy atom. The number of carbonyl (C=O) groups excluding carboxylic acids is 2. The molecule has 4 aliphatic carbocycles. The minimum absolute atomic E-state index is 0.0416. The molecular formula is C22H28Cl2O3. The van der Waals surface area contributed by atoms with E-state index in [9.17, 15) is 14.7 Å². The van der Waals surface area contributed by atoms with Crippen molar-refractivity contribution in [3.05, 3.63) is 23.3 Å². The van der Waals surface area contributed by atoms with Gasteiger partial charge in [-0.05, 0) is 68.4 Å². The summed E-state index contributed by atoms with van der Waals surface area (Å²) in [5.74, 6) is 0.349. The van der Waals surface area contributed by atoms with Crippen molar-refractivity contribution in [3.8, 4) is 0 Å². The number of fused-ring (bicyclic) bond motifs is 5. The van der Waals surface area contributed by atoms with E-state index >= 15 is 0 Å². The Balaban J connectivity index is 1.81. The van der Waals surface area contributed by atoms with Crippen molar-refractivity contribution in [2.75, 3.05) is 6.61 Å². The smallest absolute Gasteiger partial charge is 0.178 e. The lowest BCUT2D eigenvalue weighted by Gasteiger charge is -2.64. The number of rotatable bonds is 2. The molecule has 7 atom stereocenters. The number of alkyl halides is 2. The molecule has 148 valence electrons. The third kappa shape index (κ3) is 2.31. The monoisotopic (exact) mass is 410 g/mol. The zero-order valence-corrected chi connectivity index (χ0v) is 17.7. The Morgan fingerprint density at radius 3 is 2.59 bits per heavy atom. The first-order valence-corrected chi connectivity index (χ1v) is 10.8. The fourth-order valence-electron chi connectivity index (χ4n) is 7.16. The molecule has 3 saturated carbocycles. The molecule has 1 unspecified atom stereocenters. The number of aliphatic hydroxyl groups excluding tert-OH is 1. The lowest BCUT2D eigenvalue weighted by molar-refractivity contribution is -0.131. The fourth-order valence-corrected chi connectivity index (χ4v) is 8.48. The third-order valence-corrected chi connectivity index (χ3v) is 10.2. The molecule has 5 heteroatoms. The normalized spacial score (nSPS) is 48.9. The molecule has 0 aromatic carbocycles. The minimum atomic E-state index is -0.665. The highest BCUT2D eigenvalue weighted by Gasteiger charge is 2.70. The largest absolute Gasteiger partial charge is 0.389 e. The Morgan fingerprint density at radius 2 is 1.93 bits per heavy atom. The maximum Gasteiger partial charge on any atom is 0.178 e. The van der Waals surface area contributed by atoms with E-state index in [0.717, 1.165) is 36.8 Å². The van der Waals surface area contributed by atoms with Gasteiger partial charge in [-0.25, -0.2) is 0 Å². The standard InChI is InChI=1S/C22H28Cl2O3/c1-12-8-14(26)9-13-4-5-16-15-6-7-17(18(27)11-25)20(15,2)10-19(23)22(16,24)21(12,13)3/h8-9,15-17,19,25H,4-7,10-11H2,1-3H3/t15-,16-,17+,19?,20-,21-,22-/m0/s1. The molecule has 0 heterocycles. The lowest BCUT2D eigenvalue weighted by atomic mass is 9.45. The molecule has 3 nitrogen and oxygen atoms in total. The molecule has 0 bridgehead atoms. The third-order valence-electron chi connectivity index (χ3n) is 8.65. The first-order chi connectivity index (χ1) is 12.6. The van der Waals surface area contributed by atoms with Gasteiger partial charge in [0.1, 0.15) is 6.61 Å². The van der Waals surface area contributed by atoms with Gasteiger partial charge in [0, 0.05) is 11.3 Å². The Labute approximate surface area is 171 Å². The number of allylic oxidation sites excluding steroid dienone is 4. The molecule has 0 aliphatic heterocycles. The van der Waals surface area contributed by atoms with Gasteiger partial charge < -0.3 is 5.11 Å². The van der Waals surface area contributed by atoms with Crippen molar-refractivity contribution in [3.63, 3.8) is 0 Å². The van der Waals surface area contributed by atoms with Gasteiger partial charge in [0.05, 0.1) is 10.3 Å². The number of hydrogen-bond acceptors (Lipinski definition) is 3. The molecule has 3 fully saturated rings.